The van der Waals surface area contributed by atoms with Crippen LogP contribution in [0.1, 0.15) is 29.6 Å². The second-order valence-corrected chi connectivity index (χ2v) is 6.94. The zero-order valence-corrected chi connectivity index (χ0v) is 15.8. The zero-order chi connectivity index (χ0) is 20.7. The molecule has 0 saturated carbocycles. The molecule has 0 radical (unpaired) electrons. The van der Waals surface area contributed by atoms with Crippen LogP contribution in [-0.2, 0) is 9.53 Å². The molecule has 0 aliphatic carbocycles. The molecule has 1 saturated heterocycles. The van der Waals surface area contributed by atoms with Crippen LogP contribution in [0.25, 0.3) is 0 Å². The number of nitrogens with one attached hydrogen (secondary N) is 3. The van der Waals surface area contributed by atoms with E-state index in [4.69, 9.17) is 4.74 Å². The van der Waals surface area contributed by atoms with Gasteiger partial charge in [0.2, 0.25) is 0 Å². The molecule has 1 aliphatic rings. The van der Waals surface area contributed by atoms with Gasteiger partial charge in [-0.05, 0) is 49.2 Å². The van der Waals surface area contributed by atoms with Gasteiger partial charge in [0.1, 0.15) is 0 Å². The molecule has 1 aliphatic heterocycles. The number of rotatable bonds is 6. The molecule has 8 nitrogen and oxygen atoms in total. The van der Waals surface area contributed by atoms with Crippen LogP contribution < -0.4 is 16.0 Å². The maximum atomic E-state index is 12.6. The van der Waals surface area contributed by atoms with Crippen molar-refractivity contribution in [2.75, 3.05) is 23.8 Å². The molecule has 2 aromatic carbocycles. The van der Waals surface area contributed by atoms with Gasteiger partial charge in [0.25, 0.3) is 5.91 Å². The van der Waals surface area contributed by atoms with Crippen LogP contribution in [-0.4, -0.2) is 41.8 Å². The summed E-state index contributed by atoms with van der Waals surface area (Å²) in [6.07, 6.45) is 0.746. The molecule has 152 valence electrons. The minimum atomic E-state index is -0.962. The lowest BCUT2D eigenvalue weighted by atomic mass is 9.86. The van der Waals surface area contributed by atoms with E-state index in [1.807, 2.05) is 18.2 Å². The van der Waals surface area contributed by atoms with Gasteiger partial charge >= 0.3 is 12.0 Å². The summed E-state index contributed by atoms with van der Waals surface area (Å²) in [5.74, 6) is -1.32. The molecule has 2 aromatic rings. The predicted octanol–water partition coefficient (Wildman–Crippen LogP) is 3.08. The van der Waals surface area contributed by atoms with Crippen molar-refractivity contribution in [3.63, 3.8) is 0 Å². The van der Waals surface area contributed by atoms with Crippen LogP contribution in [0, 0.1) is 0 Å². The van der Waals surface area contributed by atoms with Gasteiger partial charge in [-0.3, -0.25) is 9.59 Å². The van der Waals surface area contributed by atoms with E-state index in [0.29, 0.717) is 43.0 Å². The predicted molar refractivity (Wildman–Crippen MR) is 108 cm³/mol. The van der Waals surface area contributed by atoms with Crippen molar-refractivity contribution in [3.8, 4) is 0 Å². The number of hydrogen-bond donors (Lipinski definition) is 4. The van der Waals surface area contributed by atoms with Crippen LogP contribution in [0.5, 0.6) is 0 Å². The first-order chi connectivity index (χ1) is 14.0. The Morgan fingerprint density at radius 2 is 1.48 bits per heavy atom. The maximum Gasteiger partial charge on any atom is 0.323 e. The van der Waals surface area contributed by atoms with Crippen molar-refractivity contribution in [1.29, 1.82) is 0 Å². The normalized spacial score (nSPS) is 15.2. The third-order valence-electron chi connectivity index (χ3n) is 4.75. The fraction of sp³-hybridized carbons (Fsp3) is 0.286. The summed E-state index contributed by atoms with van der Waals surface area (Å²) < 4.78 is 5.30. The highest BCUT2D eigenvalue weighted by Crippen LogP contribution is 2.25. The van der Waals surface area contributed by atoms with E-state index in [-0.39, 0.29) is 12.3 Å². The lowest BCUT2D eigenvalue weighted by Crippen LogP contribution is -2.53. The van der Waals surface area contributed by atoms with Crippen molar-refractivity contribution in [3.05, 3.63) is 60.2 Å². The number of benzene rings is 2. The van der Waals surface area contributed by atoms with Gasteiger partial charge in [0.15, 0.2) is 0 Å². The topological polar surface area (TPSA) is 117 Å². The Bertz CT molecular complexity index is 862. The number of aliphatic carboxylic acids is 1. The van der Waals surface area contributed by atoms with Crippen LogP contribution in [0.15, 0.2) is 54.6 Å². The van der Waals surface area contributed by atoms with Gasteiger partial charge in [0.05, 0.1) is 12.0 Å². The average Bonchev–Trinajstić information content (AvgIpc) is 2.69. The number of amides is 3. The molecule has 3 rings (SSSR count). The van der Waals surface area contributed by atoms with E-state index < -0.39 is 17.5 Å². The number of carbonyl (C=O) groups excluding carboxylic acids is 2. The molecule has 29 heavy (non-hydrogen) atoms. The molecular weight excluding hydrogens is 374 g/mol. The number of anilines is 2. The van der Waals surface area contributed by atoms with Crippen LogP contribution in [0.4, 0.5) is 16.2 Å². The molecule has 8 heteroatoms. The van der Waals surface area contributed by atoms with Crippen LogP contribution in [0.2, 0.25) is 0 Å². The lowest BCUT2D eigenvalue weighted by molar-refractivity contribution is -0.139. The van der Waals surface area contributed by atoms with Gasteiger partial charge in [0, 0.05) is 30.2 Å². The van der Waals surface area contributed by atoms with E-state index in [1.165, 1.54) is 0 Å². The fourth-order valence-corrected chi connectivity index (χ4v) is 3.23. The van der Waals surface area contributed by atoms with Gasteiger partial charge in [-0.2, -0.15) is 0 Å². The summed E-state index contributed by atoms with van der Waals surface area (Å²) in [6.45, 7) is 0.819. The average molecular weight is 397 g/mol. The number of carboxylic acid groups (broad SMARTS) is 1. The molecule has 0 spiro atoms. The molecule has 1 heterocycles. The van der Waals surface area contributed by atoms with E-state index in [2.05, 4.69) is 16.0 Å². The van der Waals surface area contributed by atoms with E-state index >= 15 is 0 Å². The number of hydrogen-bond acceptors (Lipinski definition) is 4. The van der Waals surface area contributed by atoms with Crippen molar-refractivity contribution in [2.24, 2.45) is 0 Å². The van der Waals surface area contributed by atoms with Gasteiger partial charge in [-0.15, -0.1) is 0 Å². The zero-order valence-electron chi connectivity index (χ0n) is 15.8. The summed E-state index contributed by atoms with van der Waals surface area (Å²) in [5, 5.41) is 17.5. The second kappa shape index (κ2) is 9.20. The molecule has 0 aromatic heterocycles. The Balaban J connectivity index is 1.60. The molecule has 0 atom stereocenters. The number of urea groups is 1. The summed E-state index contributed by atoms with van der Waals surface area (Å²) in [4.78, 5) is 35.9. The van der Waals surface area contributed by atoms with Crippen molar-refractivity contribution >= 4 is 29.3 Å². The molecule has 0 bridgehead atoms. The van der Waals surface area contributed by atoms with Crippen LogP contribution in [0.3, 0.4) is 0 Å². The highest BCUT2D eigenvalue weighted by molar-refractivity contribution is 6.00. The smallest absolute Gasteiger partial charge is 0.323 e. The number of para-hydroxylation sites is 1. The molecule has 0 unspecified atom stereocenters. The summed E-state index contributed by atoms with van der Waals surface area (Å²) in [6, 6.07) is 15.1. The molecular formula is C21H23N3O5. The van der Waals surface area contributed by atoms with E-state index in [1.54, 1.807) is 36.4 Å². The van der Waals surface area contributed by atoms with E-state index in [0.717, 1.165) is 0 Å². The molecule has 1 fully saturated rings. The Morgan fingerprint density at radius 3 is 2.07 bits per heavy atom. The second-order valence-electron chi connectivity index (χ2n) is 6.94. The quantitative estimate of drug-likeness (QED) is 0.598. The lowest BCUT2D eigenvalue weighted by Gasteiger charge is -2.36. The van der Waals surface area contributed by atoms with Crippen molar-refractivity contribution in [1.82, 2.24) is 5.32 Å². The summed E-state index contributed by atoms with van der Waals surface area (Å²) in [7, 11) is 0. The SMILES string of the molecule is O=C(O)CC1(NC(=O)c2ccc(NC(=O)Nc3ccccc3)cc2)CCOCC1. The molecule has 3 amide bonds. The summed E-state index contributed by atoms with van der Waals surface area (Å²) >= 11 is 0. The highest BCUT2D eigenvalue weighted by atomic mass is 16.5. The number of carboxylic acids is 1. The number of carbonyl (C=O) groups is 3. The standard InChI is InChI=1S/C21H23N3O5/c25-18(26)14-21(10-12-29-13-11-21)24-19(27)15-6-8-17(9-7-15)23-20(28)22-16-4-2-1-3-5-16/h1-9H,10-14H2,(H,24,27)(H,25,26)(H2,22,23,28). The van der Waals surface area contributed by atoms with E-state index in [9.17, 15) is 19.5 Å². The van der Waals surface area contributed by atoms with Gasteiger partial charge in [-0.25, -0.2) is 4.79 Å². The highest BCUT2D eigenvalue weighted by Gasteiger charge is 2.36. The largest absolute Gasteiger partial charge is 0.481 e. The first-order valence-electron chi connectivity index (χ1n) is 9.31. The Morgan fingerprint density at radius 1 is 0.897 bits per heavy atom. The minimum Gasteiger partial charge on any atom is -0.481 e. The van der Waals surface area contributed by atoms with Gasteiger partial charge in [-0.1, -0.05) is 18.2 Å². The fourth-order valence-electron chi connectivity index (χ4n) is 3.23. The first kappa shape index (κ1) is 20.3. The Kier molecular flexibility index (Phi) is 6.46. The minimum absolute atomic E-state index is 0.151. The Labute approximate surface area is 168 Å². The van der Waals surface area contributed by atoms with Crippen molar-refractivity contribution < 1.29 is 24.2 Å². The molecule has 4 N–H and O–H groups in total. The van der Waals surface area contributed by atoms with Crippen LogP contribution >= 0.6 is 0 Å². The Hall–Kier alpha value is -3.39. The monoisotopic (exact) mass is 397 g/mol. The van der Waals surface area contributed by atoms with Gasteiger partial charge < -0.3 is 25.8 Å². The van der Waals surface area contributed by atoms with Crippen molar-refractivity contribution in [2.45, 2.75) is 24.8 Å². The number of ether oxygens (including phenoxy) is 1. The first-order valence-corrected chi connectivity index (χ1v) is 9.31. The third kappa shape index (κ3) is 5.79. The summed E-state index contributed by atoms with van der Waals surface area (Å²) in [5.41, 5.74) is 0.769. The third-order valence-corrected chi connectivity index (χ3v) is 4.75. The maximum absolute atomic E-state index is 12.6.